The summed E-state index contributed by atoms with van der Waals surface area (Å²) in [6, 6.07) is 3.66. The number of aromatic hydroxyl groups is 1. The van der Waals surface area contributed by atoms with E-state index in [1.54, 1.807) is 6.92 Å². The van der Waals surface area contributed by atoms with Gasteiger partial charge in [0.25, 0.3) is 0 Å². The summed E-state index contributed by atoms with van der Waals surface area (Å²) in [6.07, 6.45) is 0. The molecule has 0 spiro atoms. The van der Waals surface area contributed by atoms with Crippen LogP contribution >= 0.6 is 15.2 Å². The smallest absolute Gasteiger partial charge is 0.345 e. The van der Waals surface area contributed by atoms with E-state index in [1.807, 2.05) is 0 Å². The Kier molecular flexibility index (Phi) is 3.84. The molecule has 0 saturated carbocycles. The Bertz CT molecular complexity index is 493. The first-order valence-electron chi connectivity index (χ1n) is 4.43. The highest BCUT2D eigenvalue weighted by molar-refractivity contribution is 7.70. The van der Waals surface area contributed by atoms with Crippen molar-refractivity contribution in [3.63, 3.8) is 0 Å². The van der Waals surface area contributed by atoms with Crippen LogP contribution in [0.15, 0.2) is 18.2 Å². The Morgan fingerprint density at radius 3 is 1.88 bits per heavy atom. The second-order valence-corrected chi connectivity index (χ2v) is 7.41. The summed E-state index contributed by atoms with van der Waals surface area (Å²) in [5.41, 5.74) is 0.138. The minimum atomic E-state index is -5.08. The summed E-state index contributed by atoms with van der Waals surface area (Å²) in [4.78, 5) is 35.9. The summed E-state index contributed by atoms with van der Waals surface area (Å²) in [6.45, 7) is 1.62. The fraction of sp³-hybridized carbons (Fsp3) is 0.250. The molecule has 0 unspecified atom stereocenters. The predicted molar refractivity (Wildman–Crippen MR) is 59.7 cm³/mol. The maximum Gasteiger partial charge on any atom is 0.345 e. The van der Waals surface area contributed by atoms with Crippen LogP contribution in [0.5, 0.6) is 5.75 Å². The van der Waals surface area contributed by atoms with Gasteiger partial charge in [0.15, 0.2) is 5.40 Å². The number of hydrogen-bond donors (Lipinski definition) is 5. The molecule has 0 aliphatic heterocycles. The van der Waals surface area contributed by atoms with Crippen molar-refractivity contribution >= 4 is 15.2 Å². The van der Waals surface area contributed by atoms with Gasteiger partial charge in [-0.1, -0.05) is 12.1 Å². The molecule has 0 atom stereocenters. The summed E-state index contributed by atoms with van der Waals surface area (Å²) in [5.74, 6) is -0.554. The van der Waals surface area contributed by atoms with Crippen molar-refractivity contribution in [2.24, 2.45) is 0 Å². The van der Waals surface area contributed by atoms with Gasteiger partial charge in [-0.25, -0.2) is 0 Å². The third kappa shape index (κ3) is 3.39. The predicted octanol–water partition coefficient (Wildman–Crippen LogP) is 1.05. The second kappa shape index (κ2) is 4.53. The third-order valence-corrected chi connectivity index (χ3v) is 5.74. The molecule has 17 heavy (non-hydrogen) atoms. The summed E-state index contributed by atoms with van der Waals surface area (Å²) in [5, 5.41) is 7.16. The van der Waals surface area contributed by atoms with E-state index in [1.165, 1.54) is 12.1 Å². The molecule has 0 radical (unpaired) electrons. The number of phenols is 1. The number of rotatable bonds is 3. The average Bonchev–Trinajstić information content (AvgIpc) is 2.04. The summed E-state index contributed by atoms with van der Waals surface area (Å²) < 4.78 is 22.2. The number of aryl methyl sites for hydroxylation is 1. The summed E-state index contributed by atoms with van der Waals surface area (Å²) >= 11 is 0. The van der Waals surface area contributed by atoms with Crippen LogP contribution in [0.3, 0.4) is 0 Å². The molecule has 5 N–H and O–H groups in total. The molecular weight excluding hydrogens is 270 g/mol. The topological polar surface area (TPSA) is 135 Å². The minimum absolute atomic E-state index is 0.461. The highest BCUT2D eigenvalue weighted by Gasteiger charge is 2.45. The van der Waals surface area contributed by atoms with Crippen LogP contribution in [-0.2, 0) is 9.13 Å². The van der Waals surface area contributed by atoms with Crippen molar-refractivity contribution in [1.29, 1.82) is 0 Å². The first kappa shape index (κ1) is 14.4. The fourth-order valence-electron chi connectivity index (χ4n) is 1.43. The minimum Gasteiger partial charge on any atom is -0.508 e. The van der Waals surface area contributed by atoms with E-state index in [4.69, 9.17) is 19.6 Å². The Hall–Kier alpha value is -0.680. The van der Waals surface area contributed by atoms with E-state index in [-0.39, 0.29) is 0 Å². The zero-order valence-corrected chi connectivity index (χ0v) is 10.5. The van der Waals surface area contributed by atoms with E-state index in [0.29, 0.717) is 5.56 Å². The second-order valence-electron chi connectivity index (χ2n) is 3.61. The lowest BCUT2D eigenvalue weighted by molar-refractivity contribution is 0.337. The average molecular weight is 282 g/mol. The Labute approximate surface area is 97.1 Å². The molecule has 0 fully saturated rings. The van der Waals surface area contributed by atoms with E-state index >= 15 is 0 Å². The van der Waals surface area contributed by atoms with Crippen LogP contribution in [0.2, 0.25) is 0 Å². The monoisotopic (exact) mass is 282 g/mol. The lowest BCUT2D eigenvalue weighted by Gasteiger charge is -2.20. The fourth-order valence-corrected chi connectivity index (χ4v) is 4.16. The quantitative estimate of drug-likeness (QED) is 0.523. The lowest BCUT2D eigenvalue weighted by atomic mass is 10.1. The van der Waals surface area contributed by atoms with Crippen LogP contribution in [0.4, 0.5) is 0 Å². The van der Waals surface area contributed by atoms with Crippen LogP contribution in [-0.4, -0.2) is 24.7 Å². The zero-order chi connectivity index (χ0) is 13.4. The molecule has 0 heterocycles. The van der Waals surface area contributed by atoms with Gasteiger partial charge in [0.05, 0.1) is 0 Å². The van der Waals surface area contributed by atoms with Crippen molar-refractivity contribution in [2.75, 3.05) is 0 Å². The van der Waals surface area contributed by atoms with Crippen LogP contribution in [0.1, 0.15) is 16.5 Å². The molecule has 9 heteroatoms. The molecule has 0 aliphatic carbocycles. The molecule has 7 nitrogen and oxygen atoms in total. The molecule has 0 bridgehead atoms. The van der Waals surface area contributed by atoms with Crippen molar-refractivity contribution in [3.05, 3.63) is 29.3 Å². The highest BCUT2D eigenvalue weighted by Crippen LogP contribution is 2.70. The molecule has 0 amide bonds. The third-order valence-electron chi connectivity index (χ3n) is 2.10. The van der Waals surface area contributed by atoms with Gasteiger partial charge in [0.1, 0.15) is 5.75 Å². The standard InChI is InChI=1S/C8H12O7P2/c1-5-2-3-6(7(9)4-5)8(16(10,11)12)17(13,14)15/h2-4,8-9H,1H3,(H2,10,11,12)(H2,13,14,15). The van der Waals surface area contributed by atoms with Crippen LogP contribution < -0.4 is 0 Å². The molecule has 0 aliphatic rings. The van der Waals surface area contributed by atoms with Crippen molar-refractivity contribution in [3.8, 4) is 5.75 Å². The van der Waals surface area contributed by atoms with Crippen molar-refractivity contribution in [2.45, 2.75) is 12.3 Å². The van der Waals surface area contributed by atoms with Crippen molar-refractivity contribution < 1.29 is 33.8 Å². The van der Waals surface area contributed by atoms with Gasteiger partial charge in [-0.05, 0) is 18.6 Å². The molecule has 1 aromatic rings. The van der Waals surface area contributed by atoms with Gasteiger partial charge in [-0.2, -0.15) is 0 Å². The van der Waals surface area contributed by atoms with Gasteiger partial charge in [0.2, 0.25) is 0 Å². The lowest BCUT2D eigenvalue weighted by Crippen LogP contribution is -2.01. The van der Waals surface area contributed by atoms with E-state index in [0.717, 1.165) is 6.07 Å². The normalized spacial score (nSPS) is 13.1. The SMILES string of the molecule is Cc1ccc(C(P(=O)(O)O)P(=O)(O)O)c(O)c1. The Morgan fingerprint density at radius 2 is 1.53 bits per heavy atom. The molecule has 1 rings (SSSR count). The maximum atomic E-state index is 11.1. The molecule has 1 aromatic carbocycles. The Balaban J connectivity index is 3.44. The van der Waals surface area contributed by atoms with Gasteiger partial charge in [-0.3, -0.25) is 9.13 Å². The van der Waals surface area contributed by atoms with E-state index < -0.39 is 31.9 Å². The van der Waals surface area contributed by atoms with Gasteiger partial charge < -0.3 is 24.7 Å². The largest absolute Gasteiger partial charge is 0.508 e. The number of hydrogen-bond acceptors (Lipinski definition) is 3. The van der Waals surface area contributed by atoms with Gasteiger partial charge >= 0.3 is 15.2 Å². The Morgan fingerprint density at radius 1 is 1.06 bits per heavy atom. The maximum absolute atomic E-state index is 11.1. The zero-order valence-electron chi connectivity index (χ0n) is 8.76. The first-order valence-corrected chi connectivity index (χ1v) is 7.79. The molecule has 0 saturated heterocycles. The highest BCUT2D eigenvalue weighted by atomic mass is 31.2. The molecule has 96 valence electrons. The summed E-state index contributed by atoms with van der Waals surface area (Å²) in [7, 11) is -10.2. The van der Waals surface area contributed by atoms with Gasteiger partial charge in [-0.15, -0.1) is 0 Å². The molecule has 0 aromatic heterocycles. The number of phenolic OH excluding ortho intramolecular Hbond substituents is 1. The van der Waals surface area contributed by atoms with Crippen molar-refractivity contribution in [1.82, 2.24) is 0 Å². The first-order chi connectivity index (χ1) is 7.53. The van der Waals surface area contributed by atoms with E-state index in [2.05, 4.69) is 0 Å². The molecular formula is C8H12O7P2. The van der Waals surface area contributed by atoms with Crippen LogP contribution in [0.25, 0.3) is 0 Å². The van der Waals surface area contributed by atoms with Crippen LogP contribution in [0, 0.1) is 6.92 Å². The van der Waals surface area contributed by atoms with E-state index in [9.17, 15) is 14.2 Å². The number of benzene rings is 1. The van der Waals surface area contributed by atoms with Gasteiger partial charge in [0, 0.05) is 5.56 Å².